The molecule has 0 spiro atoms. The summed E-state index contributed by atoms with van der Waals surface area (Å²) in [4.78, 5) is 0. The zero-order valence-corrected chi connectivity index (χ0v) is 10.7. The Bertz CT molecular complexity index is 334. The maximum absolute atomic E-state index is 9.90. The summed E-state index contributed by atoms with van der Waals surface area (Å²) in [6.07, 6.45) is 0.427. The average Bonchev–Trinajstić information content (AvgIpc) is 2.20. The molecule has 1 unspecified atom stereocenters. The van der Waals surface area contributed by atoms with E-state index in [-0.39, 0.29) is 6.10 Å². The van der Waals surface area contributed by atoms with Crippen molar-refractivity contribution < 1.29 is 5.11 Å². The minimum atomic E-state index is -0.303. The van der Waals surface area contributed by atoms with Gasteiger partial charge >= 0.3 is 0 Å². The molecular formula is C14H23NO. The zero-order chi connectivity index (χ0) is 12.1. The number of hydrogen-bond acceptors (Lipinski definition) is 2. The Morgan fingerprint density at radius 3 is 2.56 bits per heavy atom. The lowest BCUT2D eigenvalue weighted by atomic mass is 10.00. The van der Waals surface area contributed by atoms with Crippen LogP contribution in [0.1, 0.15) is 30.5 Å². The van der Waals surface area contributed by atoms with Crippen molar-refractivity contribution in [1.82, 2.24) is 5.32 Å². The van der Waals surface area contributed by atoms with Gasteiger partial charge in [0.15, 0.2) is 0 Å². The molecule has 1 aromatic carbocycles. The Morgan fingerprint density at radius 1 is 1.25 bits per heavy atom. The second kappa shape index (κ2) is 6.02. The molecule has 0 fully saturated rings. The first-order valence-corrected chi connectivity index (χ1v) is 5.96. The van der Waals surface area contributed by atoms with Gasteiger partial charge in [0.25, 0.3) is 0 Å². The predicted molar refractivity (Wildman–Crippen MR) is 68.8 cm³/mol. The highest BCUT2D eigenvalue weighted by Gasteiger charge is 2.08. The molecule has 1 rings (SSSR count). The molecule has 0 aliphatic heterocycles. The second-order valence-corrected chi connectivity index (χ2v) is 4.85. The van der Waals surface area contributed by atoms with E-state index in [1.165, 1.54) is 16.7 Å². The molecule has 0 aromatic heterocycles. The van der Waals surface area contributed by atoms with Crippen LogP contribution in [0.3, 0.4) is 0 Å². The van der Waals surface area contributed by atoms with Crippen molar-refractivity contribution in [2.45, 2.75) is 46.3 Å². The van der Waals surface area contributed by atoms with Crippen LogP contribution in [0.2, 0.25) is 0 Å². The highest BCUT2D eigenvalue weighted by atomic mass is 16.3. The average molecular weight is 221 g/mol. The van der Waals surface area contributed by atoms with Crippen molar-refractivity contribution >= 4 is 0 Å². The van der Waals surface area contributed by atoms with Gasteiger partial charge in [-0.2, -0.15) is 0 Å². The Morgan fingerprint density at radius 2 is 1.94 bits per heavy atom. The number of hydrogen-bond donors (Lipinski definition) is 2. The van der Waals surface area contributed by atoms with Crippen molar-refractivity contribution in [3.05, 3.63) is 34.9 Å². The van der Waals surface area contributed by atoms with Crippen LogP contribution in [0.25, 0.3) is 0 Å². The molecule has 0 bridgehead atoms. The minimum Gasteiger partial charge on any atom is -0.391 e. The fourth-order valence-corrected chi connectivity index (χ4v) is 1.72. The van der Waals surface area contributed by atoms with Gasteiger partial charge in [-0.3, -0.25) is 0 Å². The van der Waals surface area contributed by atoms with Gasteiger partial charge in [-0.15, -0.1) is 0 Å². The number of rotatable bonds is 5. The normalized spacial score (nSPS) is 13.1. The van der Waals surface area contributed by atoms with Gasteiger partial charge in [0, 0.05) is 12.6 Å². The first kappa shape index (κ1) is 13.2. The first-order chi connectivity index (χ1) is 7.49. The van der Waals surface area contributed by atoms with Crippen LogP contribution >= 0.6 is 0 Å². The first-order valence-electron chi connectivity index (χ1n) is 5.96. The van der Waals surface area contributed by atoms with E-state index in [0.717, 1.165) is 6.42 Å². The van der Waals surface area contributed by atoms with E-state index in [9.17, 15) is 5.11 Å². The molecule has 0 aliphatic rings. The molecule has 2 N–H and O–H groups in total. The number of nitrogens with one attached hydrogen (secondary N) is 1. The molecular weight excluding hydrogens is 198 g/mol. The Labute approximate surface area is 98.7 Å². The Kier molecular flexibility index (Phi) is 4.97. The Hall–Kier alpha value is -0.860. The second-order valence-electron chi connectivity index (χ2n) is 4.85. The van der Waals surface area contributed by atoms with Crippen molar-refractivity contribution in [3.63, 3.8) is 0 Å². The molecule has 0 aliphatic carbocycles. The minimum absolute atomic E-state index is 0.303. The molecule has 16 heavy (non-hydrogen) atoms. The molecule has 0 amide bonds. The lowest BCUT2D eigenvalue weighted by Crippen LogP contribution is -2.33. The standard InChI is InChI=1S/C14H23NO/c1-10(2)15-9-14(16)8-13-7-11(3)5-6-12(13)4/h5-7,10,14-16H,8-9H2,1-4H3. The van der Waals surface area contributed by atoms with Gasteiger partial charge in [-0.1, -0.05) is 37.6 Å². The topological polar surface area (TPSA) is 32.3 Å². The van der Waals surface area contributed by atoms with Crippen LogP contribution in [0.15, 0.2) is 18.2 Å². The van der Waals surface area contributed by atoms with Gasteiger partial charge in [-0.25, -0.2) is 0 Å². The van der Waals surface area contributed by atoms with Crippen LogP contribution in [0.4, 0.5) is 0 Å². The molecule has 0 saturated carbocycles. The van der Waals surface area contributed by atoms with Crippen molar-refractivity contribution in [3.8, 4) is 0 Å². The van der Waals surface area contributed by atoms with Crippen molar-refractivity contribution in [2.24, 2.45) is 0 Å². The summed E-state index contributed by atoms with van der Waals surface area (Å²) < 4.78 is 0. The summed E-state index contributed by atoms with van der Waals surface area (Å²) in [7, 11) is 0. The largest absolute Gasteiger partial charge is 0.391 e. The van der Waals surface area contributed by atoms with Crippen LogP contribution in [-0.2, 0) is 6.42 Å². The van der Waals surface area contributed by atoms with E-state index >= 15 is 0 Å². The molecule has 1 atom stereocenters. The van der Waals surface area contributed by atoms with E-state index < -0.39 is 0 Å². The third kappa shape index (κ3) is 4.33. The van der Waals surface area contributed by atoms with Crippen LogP contribution in [0.5, 0.6) is 0 Å². The quantitative estimate of drug-likeness (QED) is 0.799. The number of aliphatic hydroxyl groups is 1. The van der Waals surface area contributed by atoms with Gasteiger partial charge in [-0.05, 0) is 31.4 Å². The Balaban J connectivity index is 2.55. The number of aliphatic hydroxyl groups excluding tert-OH is 1. The maximum Gasteiger partial charge on any atom is 0.0705 e. The molecule has 2 heteroatoms. The summed E-state index contributed by atoms with van der Waals surface area (Å²) in [5.74, 6) is 0. The van der Waals surface area contributed by atoms with Gasteiger partial charge < -0.3 is 10.4 Å². The third-order valence-corrected chi connectivity index (χ3v) is 2.72. The summed E-state index contributed by atoms with van der Waals surface area (Å²) >= 11 is 0. The predicted octanol–water partition coefficient (Wildman–Crippen LogP) is 2.20. The lowest BCUT2D eigenvalue weighted by molar-refractivity contribution is 0.168. The fourth-order valence-electron chi connectivity index (χ4n) is 1.72. The van der Waals surface area contributed by atoms with Crippen LogP contribution in [0, 0.1) is 13.8 Å². The summed E-state index contributed by atoms with van der Waals surface area (Å²) in [6, 6.07) is 6.81. The van der Waals surface area contributed by atoms with E-state index in [1.54, 1.807) is 0 Å². The number of aryl methyl sites for hydroxylation is 2. The SMILES string of the molecule is Cc1ccc(C)c(CC(O)CNC(C)C)c1. The summed E-state index contributed by atoms with van der Waals surface area (Å²) in [5.41, 5.74) is 3.76. The molecule has 0 heterocycles. The highest BCUT2D eigenvalue weighted by molar-refractivity contribution is 5.30. The number of benzene rings is 1. The van der Waals surface area contributed by atoms with Crippen LogP contribution < -0.4 is 5.32 Å². The molecule has 1 aromatic rings. The maximum atomic E-state index is 9.90. The zero-order valence-electron chi connectivity index (χ0n) is 10.7. The van der Waals surface area contributed by atoms with E-state index in [1.807, 2.05) is 0 Å². The molecule has 2 nitrogen and oxygen atoms in total. The molecule has 0 saturated heterocycles. The van der Waals surface area contributed by atoms with E-state index in [2.05, 4.69) is 51.2 Å². The highest BCUT2D eigenvalue weighted by Crippen LogP contribution is 2.12. The van der Waals surface area contributed by atoms with E-state index in [0.29, 0.717) is 12.6 Å². The molecule has 0 radical (unpaired) electrons. The van der Waals surface area contributed by atoms with Gasteiger partial charge in [0.2, 0.25) is 0 Å². The van der Waals surface area contributed by atoms with Crippen molar-refractivity contribution in [2.75, 3.05) is 6.54 Å². The lowest BCUT2D eigenvalue weighted by Gasteiger charge is -2.15. The van der Waals surface area contributed by atoms with Crippen molar-refractivity contribution in [1.29, 1.82) is 0 Å². The van der Waals surface area contributed by atoms with Gasteiger partial charge in [0.1, 0.15) is 0 Å². The fraction of sp³-hybridized carbons (Fsp3) is 0.571. The summed E-state index contributed by atoms with van der Waals surface area (Å²) in [5, 5.41) is 13.2. The third-order valence-electron chi connectivity index (χ3n) is 2.72. The van der Waals surface area contributed by atoms with E-state index in [4.69, 9.17) is 0 Å². The molecule has 90 valence electrons. The van der Waals surface area contributed by atoms with Crippen LogP contribution in [-0.4, -0.2) is 23.8 Å². The monoisotopic (exact) mass is 221 g/mol. The summed E-state index contributed by atoms with van der Waals surface area (Å²) in [6.45, 7) is 9.01. The smallest absolute Gasteiger partial charge is 0.0705 e. The van der Waals surface area contributed by atoms with Gasteiger partial charge in [0.05, 0.1) is 6.10 Å².